The van der Waals surface area contributed by atoms with E-state index in [1.54, 1.807) is 0 Å². The van der Waals surface area contributed by atoms with Crippen molar-refractivity contribution >= 4 is 29.5 Å². The number of hydrogen-bond donors (Lipinski definition) is 2. The second-order valence-electron chi connectivity index (χ2n) is 8.50. The molecule has 1 aliphatic carbocycles. The topological polar surface area (TPSA) is 120 Å². The van der Waals surface area contributed by atoms with Crippen molar-refractivity contribution in [2.75, 3.05) is 30.3 Å². The van der Waals surface area contributed by atoms with Gasteiger partial charge in [0, 0.05) is 29.6 Å². The minimum Gasteiger partial charge on any atom is -0.449 e. The zero-order valence-corrected chi connectivity index (χ0v) is 19.1. The van der Waals surface area contributed by atoms with Gasteiger partial charge in [0.25, 0.3) is 0 Å². The van der Waals surface area contributed by atoms with Crippen LogP contribution in [0.5, 0.6) is 0 Å². The van der Waals surface area contributed by atoms with Gasteiger partial charge in [-0.2, -0.15) is 13.2 Å². The smallest absolute Gasteiger partial charge is 0.434 e. The largest absolute Gasteiger partial charge is 0.449 e. The number of rotatable bonds is 6. The molecule has 1 amide bonds. The van der Waals surface area contributed by atoms with E-state index < -0.39 is 18.0 Å². The SMILES string of the molecule is NC(=O)OCC1(c2ccccc2)C2CN(c3cnc(Sc4cccnc4C(F)(F)F)c(N)n3)CC21. The van der Waals surface area contributed by atoms with Crippen molar-refractivity contribution in [2.45, 2.75) is 21.5 Å². The molecule has 0 spiro atoms. The highest BCUT2D eigenvalue weighted by atomic mass is 32.2. The number of fused-ring (bicyclic) bond motifs is 1. The molecule has 1 saturated heterocycles. The highest BCUT2D eigenvalue weighted by Gasteiger charge is 2.69. The Morgan fingerprint density at radius 2 is 1.86 bits per heavy atom. The van der Waals surface area contributed by atoms with Crippen LogP contribution in [0.25, 0.3) is 0 Å². The monoisotopic (exact) mass is 502 g/mol. The third-order valence-corrected chi connectivity index (χ3v) is 7.68. The standard InChI is InChI=1S/C23H21F3N6O2S/c24-23(25,26)18-16(7-4-8-29-18)35-20-19(27)31-17(9-30-20)32-10-14-15(11-32)22(14,12-34-21(28)33)13-5-2-1-3-6-13/h1-9,14-15H,10-12H2,(H2,27,31)(H2,28,33). The summed E-state index contributed by atoms with van der Waals surface area (Å²) >= 11 is 0.775. The van der Waals surface area contributed by atoms with Gasteiger partial charge in [0.1, 0.15) is 17.5 Å². The molecular weight excluding hydrogens is 481 g/mol. The van der Waals surface area contributed by atoms with Crippen molar-refractivity contribution < 1.29 is 22.7 Å². The van der Waals surface area contributed by atoms with Gasteiger partial charge >= 0.3 is 12.3 Å². The molecule has 35 heavy (non-hydrogen) atoms. The predicted molar refractivity (Wildman–Crippen MR) is 123 cm³/mol. The summed E-state index contributed by atoms with van der Waals surface area (Å²) in [6.45, 7) is 1.48. The molecule has 8 nitrogen and oxygen atoms in total. The number of benzene rings is 1. The number of piperidine rings is 1. The number of nitrogens with zero attached hydrogens (tertiary/aromatic N) is 4. The third kappa shape index (κ3) is 4.22. The lowest BCUT2D eigenvalue weighted by Crippen LogP contribution is -2.35. The van der Waals surface area contributed by atoms with Gasteiger partial charge in [-0.3, -0.25) is 4.98 Å². The van der Waals surface area contributed by atoms with E-state index in [1.807, 2.05) is 35.2 Å². The van der Waals surface area contributed by atoms with Crippen molar-refractivity contribution in [1.82, 2.24) is 15.0 Å². The minimum absolute atomic E-state index is 0.0384. The van der Waals surface area contributed by atoms with Gasteiger partial charge in [0.2, 0.25) is 0 Å². The Hall–Kier alpha value is -3.54. The molecule has 2 fully saturated rings. The van der Waals surface area contributed by atoms with Crippen LogP contribution in [0.15, 0.2) is 64.8 Å². The van der Waals surface area contributed by atoms with Crippen LogP contribution in [0, 0.1) is 11.8 Å². The molecule has 5 rings (SSSR count). The Bertz CT molecular complexity index is 1250. The van der Waals surface area contributed by atoms with Crippen molar-refractivity contribution in [3.8, 4) is 0 Å². The zero-order valence-electron chi connectivity index (χ0n) is 18.3. The van der Waals surface area contributed by atoms with E-state index in [-0.39, 0.29) is 39.6 Å². The molecule has 3 aromatic rings. The van der Waals surface area contributed by atoms with Gasteiger partial charge in [-0.05, 0) is 29.5 Å². The highest BCUT2D eigenvalue weighted by molar-refractivity contribution is 7.99. The summed E-state index contributed by atoms with van der Waals surface area (Å²) in [4.78, 5) is 25.4. The maximum atomic E-state index is 13.3. The van der Waals surface area contributed by atoms with Crippen LogP contribution in [0.1, 0.15) is 11.3 Å². The molecule has 12 heteroatoms. The number of anilines is 2. The van der Waals surface area contributed by atoms with E-state index in [4.69, 9.17) is 16.2 Å². The Labute approximate surface area is 202 Å². The molecular formula is C23H21F3N6O2S. The number of amides is 1. The Morgan fingerprint density at radius 3 is 2.49 bits per heavy atom. The number of carbonyl (C=O) groups is 1. The highest BCUT2D eigenvalue weighted by Crippen LogP contribution is 2.64. The number of carbonyl (C=O) groups excluding carboxylic acids is 1. The quantitative estimate of drug-likeness (QED) is 0.523. The molecule has 182 valence electrons. The molecule has 4 N–H and O–H groups in total. The zero-order chi connectivity index (χ0) is 24.8. The first-order valence-electron chi connectivity index (χ1n) is 10.8. The van der Waals surface area contributed by atoms with E-state index in [0.29, 0.717) is 18.9 Å². The lowest BCUT2D eigenvalue weighted by molar-refractivity contribution is -0.143. The van der Waals surface area contributed by atoms with E-state index in [9.17, 15) is 18.0 Å². The summed E-state index contributed by atoms with van der Waals surface area (Å²) in [5, 5.41) is 0.171. The number of pyridine rings is 1. The first-order valence-corrected chi connectivity index (χ1v) is 11.6. The summed E-state index contributed by atoms with van der Waals surface area (Å²) in [5.41, 5.74) is 11.1. The van der Waals surface area contributed by atoms with Crippen molar-refractivity contribution in [2.24, 2.45) is 17.6 Å². The molecule has 1 saturated carbocycles. The van der Waals surface area contributed by atoms with Gasteiger partial charge in [-0.1, -0.05) is 42.1 Å². The summed E-state index contributed by atoms with van der Waals surface area (Å²) in [6.07, 6.45) is -2.80. The van der Waals surface area contributed by atoms with Crippen LogP contribution in [0.2, 0.25) is 0 Å². The maximum Gasteiger partial charge on any atom is 0.434 e. The predicted octanol–water partition coefficient (Wildman–Crippen LogP) is 3.72. The molecule has 0 bridgehead atoms. The number of ether oxygens (including phenoxy) is 1. The molecule has 2 unspecified atom stereocenters. The maximum absolute atomic E-state index is 13.3. The number of primary amides is 1. The molecule has 2 atom stereocenters. The average molecular weight is 503 g/mol. The van der Waals surface area contributed by atoms with Crippen LogP contribution in [0.3, 0.4) is 0 Å². The molecule has 0 radical (unpaired) electrons. The lowest BCUT2D eigenvalue weighted by Gasteiger charge is -2.27. The van der Waals surface area contributed by atoms with E-state index >= 15 is 0 Å². The Kier molecular flexibility index (Phi) is 5.70. The first kappa shape index (κ1) is 23.2. The molecule has 2 aliphatic rings. The van der Waals surface area contributed by atoms with E-state index in [0.717, 1.165) is 23.5 Å². The van der Waals surface area contributed by atoms with E-state index in [1.165, 1.54) is 18.3 Å². The summed E-state index contributed by atoms with van der Waals surface area (Å²) in [7, 11) is 0. The second kappa shape index (κ2) is 8.59. The van der Waals surface area contributed by atoms with Crippen LogP contribution in [-0.2, 0) is 16.3 Å². The number of halogens is 3. The number of aromatic nitrogens is 3. The summed E-state index contributed by atoms with van der Waals surface area (Å²) in [5.74, 6) is 1.01. The lowest BCUT2D eigenvalue weighted by atomic mass is 9.91. The molecule has 1 aliphatic heterocycles. The van der Waals surface area contributed by atoms with Crippen LogP contribution >= 0.6 is 11.8 Å². The number of alkyl halides is 3. The van der Waals surface area contributed by atoms with Crippen molar-refractivity contribution in [3.63, 3.8) is 0 Å². The van der Waals surface area contributed by atoms with Gasteiger partial charge in [0.15, 0.2) is 11.5 Å². The summed E-state index contributed by atoms with van der Waals surface area (Å²) in [6, 6.07) is 12.6. The molecule has 3 heterocycles. The second-order valence-corrected chi connectivity index (χ2v) is 9.53. The van der Waals surface area contributed by atoms with Gasteiger partial charge in [-0.25, -0.2) is 14.8 Å². The van der Waals surface area contributed by atoms with Crippen LogP contribution in [-0.4, -0.2) is 40.7 Å². The van der Waals surface area contributed by atoms with Gasteiger partial charge in [-0.15, -0.1) is 0 Å². The normalized spacial score (nSPS) is 23.1. The Balaban J connectivity index is 1.32. The average Bonchev–Trinajstić information content (AvgIpc) is 3.18. The minimum atomic E-state index is -4.59. The summed E-state index contributed by atoms with van der Waals surface area (Å²) < 4.78 is 45.0. The van der Waals surface area contributed by atoms with Crippen LogP contribution < -0.4 is 16.4 Å². The first-order chi connectivity index (χ1) is 16.7. The van der Waals surface area contributed by atoms with Gasteiger partial charge < -0.3 is 21.1 Å². The fraction of sp³-hybridized carbons (Fsp3) is 0.304. The molecule has 2 aromatic heterocycles. The number of hydrogen-bond acceptors (Lipinski definition) is 8. The number of nitrogens with two attached hydrogens (primary N) is 2. The van der Waals surface area contributed by atoms with Gasteiger partial charge in [0.05, 0.1) is 6.20 Å². The van der Waals surface area contributed by atoms with Crippen molar-refractivity contribution in [3.05, 3.63) is 66.1 Å². The fourth-order valence-electron chi connectivity index (χ4n) is 4.99. The van der Waals surface area contributed by atoms with Crippen LogP contribution in [0.4, 0.5) is 29.6 Å². The number of nitrogen functional groups attached to an aromatic ring is 1. The Morgan fingerprint density at radius 1 is 1.14 bits per heavy atom. The van der Waals surface area contributed by atoms with Crippen molar-refractivity contribution in [1.29, 1.82) is 0 Å². The molecule has 1 aromatic carbocycles. The fourth-order valence-corrected chi connectivity index (χ4v) is 5.87. The van der Waals surface area contributed by atoms with E-state index in [2.05, 4.69) is 15.0 Å². The third-order valence-electron chi connectivity index (χ3n) is 6.62.